The maximum atomic E-state index is 12.6. The summed E-state index contributed by atoms with van der Waals surface area (Å²) in [5.41, 5.74) is 7.74. The summed E-state index contributed by atoms with van der Waals surface area (Å²) in [6, 6.07) is 26.8. The van der Waals surface area contributed by atoms with Gasteiger partial charge in [0.1, 0.15) is 19.0 Å². The molecule has 1 amide bonds. The lowest BCUT2D eigenvalue weighted by Crippen LogP contribution is -2.17. The Kier molecular flexibility index (Phi) is 10.8. The van der Waals surface area contributed by atoms with Crippen molar-refractivity contribution in [1.29, 1.82) is 0 Å². The molecule has 5 aromatic rings. The Bertz CT molecular complexity index is 1740. The van der Waals surface area contributed by atoms with Crippen LogP contribution in [0.1, 0.15) is 39.0 Å². The van der Waals surface area contributed by atoms with Crippen LogP contribution >= 0.6 is 43.2 Å². The third-order valence-electron chi connectivity index (χ3n) is 6.39. The van der Waals surface area contributed by atoms with Crippen molar-refractivity contribution in [3.05, 3.63) is 127 Å². The minimum Gasteiger partial charge on any atom is -0.490 e. The van der Waals surface area contributed by atoms with Crippen molar-refractivity contribution in [1.82, 2.24) is 10.4 Å². The molecule has 0 spiro atoms. The molecule has 0 bridgehead atoms. The van der Waals surface area contributed by atoms with Crippen molar-refractivity contribution in [2.24, 2.45) is 5.10 Å². The van der Waals surface area contributed by atoms with E-state index in [-0.39, 0.29) is 5.91 Å². The number of hydrazone groups is 1. The van der Waals surface area contributed by atoms with Gasteiger partial charge in [-0.05, 0) is 98.8 Å². The summed E-state index contributed by atoms with van der Waals surface area (Å²) < 4.78 is 19.5. The lowest BCUT2D eigenvalue weighted by atomic mass is 10.1. The highest BCUT2D eigenvalue weighted by molar-refractivity contribution is 9.11. The number of carbonyl (C=O) groups is 1. The Balaban J connectivity index is 1.18. The molecule has 0 saturated heterocycles. The molecule has 0 radical (unpaired) electrons. The normalized spacial score (nSPS) is 11.0. The smallest absolute Gasteiger partial charge is 0.271 e. The Morgan fingerprint density at radius 1 is 0.886 bits per heavy atom. The van der Waals surface area contributed by atoms with Crippen molar-refractivity contribution in [3.8, 4) is 28.5 Å². The van der Waals surface area contributed by atoms with Gasteiger partial charge in [0.15, 0.2) is 11.5 Å². The zero-order valence-corrected chi connectivity index (χ0v) is 28.0. The first-order valence-electron chi connectivity index (χ1n) is 13.8. The molecule has 0 aliphatic rings. The quantitative estimate of drug-likeness (QED) is 0.102. The second kappa shape index (κ2) is 15.1. The van der Waals surface area contributed by atoms with E-state index in [0.717, 1.165) is 41.9 Å². The summed E-state index contributed by atoms with van der Waals surface area (Å²) in [6.07, 6.45) is 1.58. The molecule has 224 valence electrons. The Morgan fingerprint density at radius 2 is 1.61 bits per heavy atom. The maximum Gasteiger partial charge on any atom is 0.271 e. The summed E-state index contributed by atoms with van der Waals surface area (Å²) in [5.74, 6) is 1.69. The third-order valence-corrected chi connectivity index (χ3v) is 8.34. The monoisotopic (exact) mass is 733 g/mol. The van der Waals surface area contributed by atoms with Gasteiger partial charge in [-0.1, -0.05) is 48.5 Å². The molecule has 0 unspecified atom stereocenters. The van der Waals surface area contributed by atoms with E-state index < -0.39 is 0 Å². The van der Waals surface area contributed by atoms with Crippen molar-refractivity contribution in [2.75, 3.05) is 6.61 Å². The minimum absolute atomic E-state index is 0.303. The fourth-order valence-corrected chi connectivity index (χ4v) is 6.30. The summed E-state index contributed by atoms with van der Waals surface area (Å²) in [5, 5.41) is 7.13. The van der Waals surface area contributed by atoms with Gasteiger partial charge in [0.05, 0.1) is 32.5 Å². The largest absolute Gasteiger partial charge is 0.490 e. The van der Waals surface area contributed by atoms with E-state index in [9.17, 15) is 4.79 Å². The summed E-state index contributed by atoms with van der Waals surface area (Å²) in [6.45, 7) is 5.20. The molecule has 0 aliphatic heterocycles. The highest BCUT2D eigenvalue weighted by Gasteiger charge is 2.12. The van der Waals surface area contributed by atoms with Crippen LogP contribution in [0.15, 0.2) is 104 Å². The fraction of sp³-hybridized carbons (Fsp3) is 0.147. The van der Waals surface area contributed by atoms with Crippen LogP contribution in [0, 0.1) is 6.92 Å². The van der Waals surface area contributed by atoms with E-state index in [1.807, 2.05) is 92.0 Å². The molecule has 0 fully saturated rings. The van der Waals surface area contributed by atoms with Gasteiger partial charge >= 0.3 is 0 Å². The van der Waals surface area contributed by atoms with Gasteiger partial charge in [0, 0.05) is 16.5 Å². The molecule has 1 N–H and O–H groups in total. The van der Waals surface area contributed by atoms with Crippen molar-refractivity contribution < 1.29 is 19.0 Å². The second-order valence-electron chi connectivity index (χ2n) is 9.62. The molecule has 0 aliphatic carbocycles. The standard InChI is InChI=1S/C34H29Br2N3O4S/c1-3-41-32-17-24(9-14-31(32)42-19-23-7-5-4-6-8-23)20-43-33-28(35)15-25(16-29(33)36)18-37-39-34(40)27-12-10-26(11-13-27)30-21-44-22(2)38-30/h4-18,21H,3,19-20H2,1-2H3,(H,39,40)/b37-18+. The minimum atomic E-state index is -0.303. The van der Waals surface area contributed by atoms with E-state index in [1.165, 1.54) is 0 Å². The van der Waals surface area contributed by atoms with Gasteiger partial charge in [0.2, 0.25) is 0 Å². The summed E-state index contributed by atoms with van der Waals surface area (Å²) in [4.78, 5) is 17.1. The number of nitrogens with one attached hydrogen (secondary N) is 1. The van der Waals surface area contributed by atoms with E-state index in [1.54, 1.807) is 29.7 Å². The summed E-state index contributed by atoms with van der Waals surface area (Å²) in [7, 11) is 0. The number of carbonyl (C=O) groups excluding carboxylic acids is 1. The molecule has 1 aromatic heterocycles. The number of ether oxygens (including phenoxy) is 3. The highest BCUT2D eigenvalue weighted by atomic mass is 79.9. The van der Waals surface area contributed by atoms with Crippen LogP contribution in [0.5, 0.6) is 17.2 Å². The van der Waals surface area contributed by atoms with Gasteiger partial charge in [-0.2, -0.15) is 5.10 Å². The Labute approximate surface area is 277 Å². The number of aromatic nitrogens is 1. The zero-order valence-electron chi connectivity index (χ0n) is 24.1. The number of nitrogens with zero attached hydrogens (tertiary/aromatic N) is 2. The second-order valence-corrected chi connectivity index (χ2v) is 12.4. The predicted octanol–water partition coefficient (Wildman–Crippen LogP) is 8.96. The number of benzene rings is 4. The molecule has 7 nitrogen and oxygen atoms in total. The number of hydrogen-bond acceptors (Lipinski definition) is 7. The van der Waals surface area contributed by atoms with E-state index in [2.05, 4.69) is 47.4 Å². The molecule has 44 heavy (non-hydrogen) atoms. The van der Waals surface area contributed by atoms with Crippen LogP contribution in [-0.2, 0) is 13.2 Å². The average Bonchev–Trinajstić information content (AvgIpc) is 3.47. The predicted molar refractivity (Wildman–Crippen MR) is 182 cm³/mol. The Hall–Kier alpha value is -3.99. The molecule has 0 saturated carbocycles. The molecular weight excluding hydrogens is 706 g/mol. The SMILES string of the molecule is CCOc1cc(COc2c(Br)cc(/C=N/NC(=O)c3ccc(-c4csc(C)n4)cc3)cc2Br)ccc1OCc1ccccc1. The van der Waals surface area contributed by atoms with Crippen molar-refractivity contribution in [3.63, 3.8) is 0 Å². The van der Waals surface area contributed by atoms with Crippen LogP contribution in [-0.4, -0.2) is 23.7 Å². The highest BCUT2D eigenvalue weighted by Crippen LogP contribution is 2.36. The fourth-order valence-electron chi connectivity index (χ4n) is 4.23. The van der Waals surface area contributed by atoms with E-state index in [0.29, 0.717) is 42.6 Å². The molecule has 5 rings (SSSR count). The lowest BCUT2D eigenvalue weighted by molar-refractivity contribution is 0.0955. The van der Waals surface area contributed by atoms with Crippen molar-refractivity contribution in [2.45, 2.75) is 27.1 Å². The third kappa shape index (κ3) is 8.34. The van der Waals surface area contributed by atoms with Crippen molar-refractivity contribution >= 4 is 55.3 Å². The van der Waals surface area contributed by atoms with Crippen LogP contribution in [0.25, 0.3) is 11.3 Å². The molecule has 1 heterocycles. The van der Waals surface area contributed by atoms with Gasteiger partial charge in [-0.3, -0.25) is 4.79 Å². The van der Waals surface area contributed by atoms with Crippen LogP contribution < -0.4 is 19.6 Å². The number of halogens is 2. The first-order chi connectivity index (χ1) is 21.4. The maximum absolute atomic E-state index is 12.6. The Morgan fingerprint density at radius 3 is 2.30 bits per heavy atom. The molecular formula is C34H29Br2N3O4S. The first-order valence-corrected chi connectivity index (χ1v) is 16.3. The van der Waals surface area contributed by atoms with E-state index >= 15 is 0 Å². The van der Waals surface area contributed by atoms with Gasteiger partial charge in [-0.15, -0.1) is 11.3 Å². The number of rotatable bonds is 12. The number of thiazole rings is 1. The number of hydrogen-bond donors (Lipinski definition) is 1. The number of amides is 1. The topological polar surface area (TPSA) is 82.0 Å². The zero-order chi connectivity index (χ0) is 30.9. The molecule has 0 atom stereocenters. The molecule has 10 heteroatoms. The molecule has 4 aromatic carbocycles. The van der Waals surface area contributed by atoms with E-state index in [4.69, 9.17) is 14.2 Å². The van der Waals surface area contributed by atoms with Crippen LogP contribution in [0.4, 0.5) is 0 Å². The number of aryl methyl sites for hydroxylation is 1. The van der Waals surface area contributed by atoms with Gasteiger partial charge in [-0.25, -0.2) is 10.4 Å². The average molecular weight is 735 g/mol. The lowest BCUT2D eigenvalue weighted by Gasteiger charge is -2.15. The van der Waals surface area contributed by atoms with Crippen LogP contribution in [0.3, 0.4) is 0 Å². The first kappa shape index (κ1) is 31.4. The van der Waals surface area contributed by atoms with Crippen LogP contribution in [0.2, 0.25) is 0 Å². The summed E-state index contributed by atoms with van der Waals surface area (Å²) >= 11 is 8.79. The van der Waals surface area contributed by atoms with Gasteiger partial charge < -0.3 is 14.2 Å². The van der Waals surface area contributed by atoms with Gasteiger partial charge in [0.25, 0.3) is 5.91 Å².